The molecule has 0 fully saturated rings. The number of aromatic nitrogens is 1. The zero-order valence-electron chi connectivity index (χ0n) is 8.52. The van der Waals surface area contributed by atoms with Crippen molar-refractivity contribution in [2.45, 2.75) is 6.61 Å². The van der Waals surface area contributed by atoms with Crippen molar-refractivity contribution in [3.05, 3.63) is 51.2 Å². The lowest BCUT2D eigenvalue weighted by molar-refractivity contribution is 0.0473. The van der Waals surface area contributed by atoms with Gasteiger partial charge < -0.3 is 4.74 Å². The zero-order valence-corrected chi connectivity index (χ0v) is 10.1. The van der Waals surface area contributed by atoms with Crippen molar-refractivity contribution in [1.82, 2.24) is 4.98 Å². The van der Waals surface area contributed by atoms with E-state index < -0.39 is 11.9 Å². The summed E-state index contributed by atoms with van der Waals surface area (Å²) in [7, 11) is 0. The predicted octanol–water partition coefficient (Wildman–Crippen LogP) is 3.29. The summed E-state index contributed by atoms with van der Waals surface area (Å²) >= 11 is 6.25. The predicted molar refractivity (Wildman–Crippen MR) is 62.6 cm³/mol. The lowest BCUT2D eigenvalue weighted by atomic mass is 10.2. The van der Waals surface area contributed by atoms with Crippen molar-refractivity contribution in [2.24, 2.45) is 0 Å². The smallest absolute Gasteiger partial charge is 0.353 e. The maximum atomic E-state index is 13.1. The van der Waals surface area contributed by atoms with Gasteiger partial charge in [0, 0.05) is 0 Å². The summed E-state index contributed by atoms with van der Waals surface area (Å²) in [5.41, 5.74) is 0.830. The maximum absolute atomic E-state index is 13.1. The first-order valence-electron chi connectivity index (χ1n) is 4.69. The highest BCUT2D eigenvalue weighted by atomic mass is 35.5. The Morgan fingerprint density at radius 1 is 1.41 bits per heavy atom. The number of nitrogens with zero attached hydrogens (tertiary/aromatic N) is 1. The van der Waals surface area contributed by atoms with E-state index in [9.17, 15) is 9.18 Å². The number of thiazole rings is 1. The summed E-state index contributed by atoms with van der Waals surface area (Å²) in [6.07, 6.45) is 0. The SMILES string of the molecule is O=C(OCc1ccccc1)c1sc(Cl)nc1F. The molecule has 2 rings (SSSR count). The summed E-state index contributed by atoms with van der Waals surface area (Å²) in [5.74, 6) is -1.64. The molecule has 0 N–H and O–H groups in total. The van der Waals surface area contributed by atoms with E-state index in [4.69, 9.17) is 16.3 Å². The number of benzene rings is 1. The van der Waals surface area contributed by atoms with Crippen molar-refractivity contribution in [3.63, 3.8) is 0 Å². The number of esters is 1. The first kappa shape index (κ1) is 12.0. The molecule has 0 unspecified atom stereocenters. The van der Waals surface area contributed by atoms with Gasteiger partial charge in [-0.05, 0) is 5.56 Å². The van der Waals surface area contributed by atoms with Gasteiger partial charge in [0.25, 0.3) is 0 Å². The fourth-order valence-corrected chi connectivity index (χ4v) is 2.06. The summed E-state index contributed by atoms with van der Waals surface area (Å²) < 4.78 is 18.0. The molecule has 0 bridgehead atoms. The van der Waals surface area contributed by atoms with Crippen LogP contribution in [0.15, 0.2) is 30.3 Å². The van der Waals surface area contributed by atoms with E-state index in [0.29, 0.717) is 0 Å². The zero-order chi connectivity index (χ0) is 12.3. The first-order chi connectivity index (χ1) is 8.16. The number of ether oxygens (including phenoxy) is 1. The van der Waals surface area contributed by atoms with Gasteiger partial charge in [-0.15, -0.1) is 0 Å². The number of halogens is 2. The molecule has 1 aromatic heterocycles. The van der Waals surface area contributed by atoms with Crippen LogP contribution in [-0.4, -0.2) is 11.0 Å². The summed E-state index contributed by atoms with van der Waals surface area (Å²) in [6.45, 7) is 0.0919. The number of hydrogen-bond acceptors (Lipinski definition) is 4. The van der Waals surface area contributed by atoms with E-state index >= 15 is 0 Å². The van der Waals surface area contributed by atoms with Crippen molar-refractivity contribution >= 4 is 28.9 Å². The number of hydrogen-bond donors (Lipinski definition) is 0. The van der Waals surface area contributed by atoms with Gasteiger partial charge >= 0.3 is 5.97 Å². The highest BCUT2D eigenvalue weighted by molar-refractivity contribution is 7.17. The van der Waals surface area contributed by atoms with Crippen molar-refractivity contribution in [2.75, 3.05) is 0 Å². The molecular formula is C11H7ClFNO2S. The van der Waals surface area contributed by atoms with Crippen LogP contribution in [0.1, 0.15) is 15.2 Å². The van der Waals surface area contributed by atoms with E-state index in [2.05, 4.69) is 4.98 Å². The number of carbonyl (C=O) groups excluding carboxylic acids is 1. The largest absolute Gasteiger partial charge is 0.457 e. The lowest BCUT2D eigenvalue weighted by Gasteiger charge is -2.02. The monoisotopic (exact) mass is 271 g/mol. The molecule has 0 saturated carbocycles. The molecule has 0 atom stereocenters. The van der Waals surface area contributed by atoms with Gasteiger partial charge in [-0.25, -0.2) is 4.79 Å². The summed E-state index contributed by atoms with van der Waals surface area (Å²) in [4.78, 5) is 14.6. The van der Waals surface area contributed by atoms with Gasteiger partial charge in [0.15, 0.2) is 9.34 Å². The summed E-state index contributed by atoms with van der Waals surface area (Å²) in [5, 5.41) is 0. The molecule has 1 aromatic carbocycles. The molecule has 0 aliphatic rings. The molecule has 0 amide bonds. The minimum atomic E-state index is -0.891. The number of rotatable bonds is 3. The van der Waals surface area contributed by atoms with Crippen LogP contribution in [0.3, 0.4) is 0 Å². The van der Waals surface area contributed by atoms with Gasteiger partial charge in [0.2, 0.25) is 5.95 Å². The lowest BCUT2D eigenvalue weighted by Crippen LogP contribution is -2.05. The van der Waals surface area contributed by atoms with Crippen molar-refractivity contribution < 1.29 is 13.9 Å². The highest BCUT2D eigenvalue weighted by Crippen LogP contribution is 2.22. The van der Waals surface area contributed by atoms with Crippen LogP contribution in [0, 0.1) is 5.95 Å². The van der Waals surface area contributed by atoms with Crippen molar-refractivity contribution in [1.29, 1.82) is 0 Å². The first-order valence-corrected chi connectivity index (χ1v) is 5.89. The molecule has 1 heterocycles. The standard InChI is InChI=1S/C11H7ClFNO2S/c12-11-14-9(13)8(17-11)10(15)16-6-7-4-2-1-3-5-7/h1-5H,6H2. The summed E-state index contributed by atoms with van der Waals surface area (Å²) in [6, 6.07) is 9.13. The van der Waals surface area contributed by atoms with Crippen LogP contribution in [0.25, 0.3) is 0 Å². The van der Waals surface area contributed by atoms with Gasteiger partial charge in [0.05, 0.1) is 0 Å². The van der Waals surface area contributed by atoms with Gasteiger partial charge in [-0.1, -0.05) is 53.3 Å². The average Bonchev–Trinajstić information content (AvgIpc) is 2.67. The molecule has 0 spiro atoms. The molecule has 6 heteroatoms. The third kappa shape index (κ3) is 3.01. The normalized spacial score (nSPS) is 10.2. The Labute approximate surface area is 106 Å². The second kappa shape index (κ2) is 5.25. The molecule has 2 aromatic rings. The van der Waals surface area contributed by atoms with Gasteiger partial charge in [-0.2, -0.15) is 9.37 Å². The molecule has 3 nitrogen and oxygen atoms in total. The van der Waals surface area contributed by atoms with Gasteiger partial charge in [-0.3, -0.25) is 0 Å². The minimum absolute atomic E-state index is 0.0193. The second-order valence-corrected chi connectivity index (χ2v) is 4.73. The molecule has 88 valence electrons. The van der Waals surface area contributed by atoms with Crippen molar-refractivity contribution in [3.8, 4) is 0 Å². The minimum Gasteiger partial charge on any atom is -0.457 e. The third-order valence-electron chi connectivity index (χ3n) is 1.96. The van der Waals surface area contributed by atoms with E-state index in [1.54, 1.807) is 0 Å². The second-order valence-electron chi connectivity index (χ2n) is 3.15. The molecule has 0 radical (unpaired) electrons. The van der Waals surface area contributed by atoms with Crippen LogP contribution in [0.5, 0.6) is 0 Å². The molecule has 0 saturated heterocycles. The quantitative estimate of drug-likeness (QED) is 0.804. The van der Waals surface area contributed by atoms with Crippen LogP contribution in [0.2, 0.25) is 4.47 Å². The third-order valence-corrected chi connectivity index (χ3v) is 3.07. The number of carbonyl (C=O) groups is 1. The average molecular weight is 272 g/mol. The Bertz CT molecular complexity index is 530. The maximum Gasteiger partial charge on any atom is 0.353 e. The van der Waals surface area contributed by atoms with E-state index in [1.807, 2.05) is 30.3 Å². The Hall–Kier alpha value is -1.46. The fourth-order valence-electron chi connectivity index (χ4n) is 1.19. The van der Waals surface area contributed by atoms with E-state index in [0.717, 1.165) is 16.9 Å². The molecule has 0 aliphatic carbocycles. The topological polar surface area (TPSA) is 39.2 Å². The Kier molecular flexibility index (Phi) is 3.71. The van der Waals surface area contributed by atoms with Crippen LogP contribution in [-0.2, 0) is 11.3 Å². The Morgan fingerprint density at radius 3 is 2.71 bits per heavy atom. The fraction of sp³-hybridized carbons (Fsp3) is 0.0909. The van der Waals surface area contributed by atoms with Crippen LogP contribution >= 0.6 is 22.9 Å². The van der Waals surface area contributed by atoms with Gasteiger partial charge in [0.1, 0.15) is 6.61 Å². The molecular weight excluding hydrogens is 265 g/mol. The van der Waals surface area contributed by atoms with Crippen LogP contribution < -0.4 is 0 Å². The molecule has 17 heavy (non-hydrogen) atoms. The van der Waals surface area contributed by atoms with Crippen LogP contribution in [0.4, 0.5) is 4.39 Å². The van der Waals surface area contributed by atoms with E-state index in [1.165, 1.54) is 0 Å². The molecule has 0 aliphatic heterocycles. The Morgan fingerprint density at radius 2 is 2.12 bits per heavy atom. The Balaban J connectivity index is 2.01. The van der Waals surface area contributed by atoms with E-state index in [-0.39, 0.29) is 16.0 Å². The highest BCUT2D eigenvalue weighted by Gasteiger charge is 2.18.